The Labute approximate surface area is 627 Å². The summed E-state index contributed by atoms with van der Waals surface area (Å²) in [5.41, 5.74) is 0. The molecule has 0 rings (SSSR count). The van der Waals surface area contributed by atoms with Gasteiger partial charge in [-0.3, -0.25) is 37.3 Å². The number of phosphoric ester groups is 2. The van der Waals surface area contributed by atoms with Crippen LogP contribution in [0.15, 0.2) is 194 Å². The Morgan fingerprint density at radius 2 is 0.519 bits per heavy atom. The molecule has 0 bridgehead atoms. The Morgan fingerprint density at radius 1 is 0.279 bits per heavy atom. The topological polar surface area (TPSA) is 237 Å². The van der Waals surface area contributed by atoms with Crippen LogP contribution >= 0.6 is 15.6 Å². The van der Waals surface area contributed by atoms with E-state index in [0.717, 1.165) is 148 Å². The molecule has 19 heteroatoms. The van der Waals surface area contributed by atoms with Crippen LogP contribution < -0.4 is 0 Å². The maximum Gasteiger partial charge on any atom is 0.472 e. The molecule has 5 unspecified atom stereocenters. The number of ether oxygens (including phenoxy) is 4. The molecule has 0 amide bonds. The highest BCUT2D eigenvalue weighted by molar-refractivity contribution is 7.47. The molecule has 17 nitrogen and oxygen atoms in total. The number of esters is 4. The van der Waals surface area contributed by atoms with Gasteiger partial charge in [-0.05, 0) is 173 Å². The molecule has 0 heterocycles. The second-order valence-electron chi connectivity index (χ2n) is 24.8. The number of aliphatic hydroxyl groups excluding tert-OH is 1. The van der Waals surface area contributed by atoms with E-state index in [1.54, 1.807) is 0 Å². The van der Waals surface area contributed by atoms with Crippen LogP contribution in [-0.4, -0.2) is 96.7 Å². The van der Waals surface area contributed by atoms with Crippen molar-refractivity contribution in [3.8, 4) is 0 Å². The summed E-state index contributed by atoms with van der Waals surface area (Å²) in [5.74, 6) is -2.41. The lowest BCUT2D eigenvalue weighted by Crippen LogP contribution is -2.30. The van der Waals surface area contributed by atoms with E-state index in [1.807, 2.05) is 24.3 Å². The van der Waals surface area contributed by atoms with Gasteiger partial charge in [0.2, 0.25) is 0 Å². The summed E-state index contributed by atoms with van der Waals surface area (Å²) in [6, 6.07) is 0. The van der Waals surface area contributed by atoms with E-state index < -0.39 is 97.5 Å². The highest BCUT2D eigenvalue weighted by Gasteiger charge is 2.30. The molecule has 0 aliphatic rings. The first kappa shape index (κ1) is 97.9. The molecule has 0 fully saturated rings. The van der Waals surface area contributed by atoms with Crippen molar-refractivity contribution in [2.24, 2.45) is 0 Å². The van der Waals surface area contributed by atoms with Gasteiger partial charge in [-0.25, -0.2) is 9.13 Å². The first-order valence-corrected chi connectivity index (χ1v) is 41.7. The van der Waals surface area contributed by atoms with Crippen LogP contribution in [0.25, 0.3) is 0 Å². The number of phosphoric acid groups is 2. The third-order valence-electron chi connectivity index (χ3n) is 15.0. The number of aliphatic hydroxyl groups is 1. The lowest BCUT2D eigenvalue weighted by molar-refractivity contribution is -0.161. The fraction of sp³-hybridized carbons (Fsp3) is 0.576. The molecule has 0 aromatic rings. The molecule has 0 spiro atoms. The second kappa shape index (κ2) is 75.1. The normalized spacial score (nSPS) is 15.0. The molecule has 0 aromatic heterocycles. The van der Waals surface area contributed by atoms with Gasteiger partial charge in [0, 0.05) is 25.7 Å². The number of unbranched alkanes of at least 4 members (excludes halogenated alkanes) is 12. The minimum absolute atomic E-state index is 0.0235. The van der Waals surface area contributed by atoms with Crippen LogP contribution in [-0.2, 0) is 65.4 Å². The standard InChI is InChI=1S/C85H134O17P2/c1-5-9-13-17-21-25-29-33-37-38-39-40-44-46-50-54-58-62-66-70-83(88)96-76-81(102-85(90)72-68-64-60-56-52-48-43-36-32-28-24-20-16-12-8-4)78-100-104(93,94)98-74-79(86)73-97-103(91,92)99-77-80(101-84(89)71-67-63-59-55-51-47-42-35-31-27-23-19-15-11-7-3)75-95-82(87)69-65-61-57-53-49-45-41-34-30-26-22-18-14-10-6-2/h9-11,13-15,21-28,33-37,39-43,46,49-51,53,55,58,62,79-81,86H,5-8,12,16-20,29-32,38,44-45,47-48,52,54,56-57,59-61,63-78H2,1-4H3,(H,91,92)(H,93,94)/b13-9-,14-10-,15-11-,25-21-,26-22-,27-23-,28-24-,37-33-,40-39-,41-34-,42-35-,43-36-,50-46-,53-49-,55-51-,62-58-. The Bertz CT molecular complexity index is 2740. The van der Waals surface area contributed by atoms with E-state index in [1.165, 1.54) is 19.3 Å². The summed E-state index contributed by atoms with van der Waals surface area (Å²) < 4.78 is 68.3. The van der Waals surface area contributed by atoms with Crippen molar-refractivity contribution in [3.63, 3.8) is 0 Å². The number of hydrogen-bond acceptors (Lipinski definition) is 15. The van der Waals surface area contributed by atoms with Crippen LogP contribution in [0.3, 0.4) is 0 Å². The SMILES string of the molecule is CC/C=C\C/C=C\C/C=C\C/C=C\C/C=C\C/C=C\CCC(=O)OCC(COP(=O)(O)OCC(O)COP(=O)(O)OCC(COC(=O)CCCC/C=C\C/C=C\C/C=C\C/C=C\CC)OC(=O)CCCC/C=C\C/C=C\C/C=C\C/C=C\CC)OC(=O)CCCCCCC/C=C\C/C=C\CCCCC. The van der Waals surface area contributed by atoms with E-state index in [0.29, 0.717) is 38.5 Å². The van der Waals surface area contributed by atoms with E-state index >= 15 is 0 Å². The van der Waals surface area contributed by atoms with Gasteiger partial charge in [0.05, 0.1) is 26.4 Å². The minimum atomic E-state index is -5.01. The van der Waals surface area contributed by atoms with Gasteiger partial charge in [0.1, 0.15) is 19.3 Å². The predicted octanol–water partition coefficient (Wildman–Crippen LogP) is 22.5. The lowest BCUT2D eigenvalue weighted by atomic mass is 10.1. The van der Waals surface area contributed by atoms with Gasteiger partial charge in [0.25, 0.3) is 0 Å². The first-order valence-electron chi connectivity index (χ1n) is 38.7. The zero-order chi connectivity index (χ0) is 76.0. The third-order valence-corrected chi connectivity index (χ3v) is 16.9. The summed E-state index contributed by atoms with van der Waals surface area (Å²) in [7, 11) is -10.0. The van der Waals surface area contributed by atoms with E-state index in [-0.39, 0.29) is 25.7 Å². The van der Waals surface area contributed by atoms with Crippen LogP contribution in [0.5, 0.6) is 0 Å². The zero-order valence-corrected chi connectivity index (χ0v) is 65.6. The largest absolute Gasteiger partial charge is 0.472 e. The van der Waals surface area contributed by atoms with Crippen molar-refractivity contribution in [2.75, 3.05) is 39.6 Å². The van der Waals surface area contributed by atoms with Crippen molar-refractivity contribution in [1.29, 1.82) is 0 Å². The number of hydrogen-bond donors (Lipinski definition) is 3. The van der Waals surface area contributed by atoms with Gasteiger partial charge in [-0.2, -0.15) is 0 Å². The molecule has 586 valence electrons. The average molecular weight is 1490 g/mol. The van der Waals surface area contributed by atoms with Crippen LogP contribution in [0.1, 0.15) is 259 Å². The number of carbonyl (C=O) groups excluding carboxylic acids is 4. The van der Waals surface area contributed by atoms with Crippen LogP contribution in [0.4, 0.5) is 0 Å². The fourth-order valence-electron chi connectivity index (χ4n) is 9.26. The number of allylic oxidation sites excluding steroid dienone is 32. The smallest absolute Gasteiger partial charge is 0.462 e. The third kappa shape index (κ3) is 74.2. The first-order chi connectivity index (χ1) is 50.7. The molecule has 0 saturated carbocycles. The van der Waals surface area contributed by atoms with Crippen molar-refractivity contribution >= 4 is 39.5 Å². The lowest BCUT2D eigenvalue weighted by Gasteiger charge is -2.21. The van der Waals surface area contributed by atoms with Crippen LogP contribution in [0, 0.1) is 0 Å². The molecule has 0 aromatic carbocycles. The van der Waals surface area contributed by atoms with Crippen LogP contribution in [0.2, 0.25) is 0 Å². The summed E-state index contributed by atoms with van der Waals surface area (Å²) in [6.45, 7) is 4.26. The Morgan fingerprint density at radius 3 is 0.846 bits per heavy atom. The molecule has 0 saturated heterocycles. The summed E-state index contributed by atoms with van der Waals surface area (Å²) in [6.07, 6.45) is 91.6. The van der Waals surface area contributed by atoms with Gasteiger partial charge in [-0.1, -0.05) is 254 Å². The summed E-state index contributed by atoms with van der Waals surface area (Å²) in [4.78, 5) is 72.9. The quantitative estimate of drug-likeness (QED) is 0.0169. The summed E-state index contributed by atoms with van der Waals surface area (Å²) in [5, 5.41) is 10.6. The van der Waals surface area contributed by atoms with E-state index in [2.05, 4.69) is 198 Å². The molecule has 0 radical (unpaired) electrons. The Balaban J connectivity index is 5.53. The number of rotatable bonds is 70. The molecule has 5 atom stereocenters. The van der Waals surface area contributed by atoms with Gasteiger partial charge in [0.15, 0.2) is 12.2 Å². The van der Waals surface area contributed by atoms with Gasteiger partial charge < -0.3 is 33.8 Å². The highest BCUT2D eigenvalue weighted by atomic mass is 31.2. The van der Waals surface area contributed by atoms with Crippen molar-refractivity contribution in [3.05, 3.63) is 194 Å². The maximum atomic E-state index is 13.1. The highest BCUT2D eigenvalue weighted by Crippen LogP contribution is 2.45. The molecule has 0 aliphatic carbocycles. The molecule has 104 heavy (non-hydrogen) atoms. The fourth-order valence-corrected chi connectivity index (χ4v) is 10.8. The minimum Gasteiger partial charge on any atom is -0.462 e. The van der Waals surface area contributed by atoms with Gasteiger partial charge in [-0.15, -0.1) is 0 Å². The predicted molar refractivity (Wildman–Crippen MR) is 426 cm³/mol. The van der Waals surface area contributed by atoms with Crippen molar-refractivity contribution in [2.45, 2.75) is 277 Å². The Kier molecular flexibility index (Phi) is 70.7. The molecular formula is C85H134O17P2. The number of carbonyl (C=O) groups is 4. The maximum absolute atomic E-state index is 13.1. The molecular weight excluding hydrogens is 1350 g/mol. The second-order valence-corrected chi connectivity index (χ2v) is 27.7. The zero-order valence-electron chi connectivity index (χ0n) is 63.9. The molecule has 0 aliphatic heterocycles. The van der Waals surface area contributed by atoms with Crippen molar-refractivity contribution < 1.29 is 80.2 Å². The van der Waals surface area contributed by atoms with E-state index in [4.69, 9.17) is 37.0 Å². The van der Waals surface area contributed by atoms with Crippen molar-refractivity contribution in [1.82, 2.24) is 0 Å². The van der Waals surface area contributed by atoms with E-state index in [9.17, 15) is 43.2 Å². The molecule has 3 N–H and O–H groups in total. The van der Waals surface area contributed by atoms with Gasteiger partial charge >= 0.3 is 39.5 Å². The monoisotopic (exact) mass is 1490 g/mol. The Hall–Kier alpha value is -6.10. The summed E-state index contributed by atoms with van der Waals surface area (Å²) >= 11 is 0. The average Bonchev–Trinajstić information content (AvgIpc) is 0.918.